The van der Waals surface area contributed by atoms with Gasteiger partial charge in [-0.15, -0.1) is 0 Å². The summed E-state index contributed by atoms with van der Waals surface area (Å²) in [6.07, 6.45) is 4.61. The van der Waals surface area contributed by atoms with E-state index in [1.165, 1.54) is 0 Å². The number of carbonyl (C=O) groups excluding carboxylic acids is 2. The summed E-state index contributed by atoms with van der Waals surface area (Å²) in [6, 6.07) is 6.86. The molecule has 4 N–H and O–H groups in total. The van der Waals surface area contributed by atoms with E-state index in [-0.39, 0.29) is 12.3 Å². The highest BCUT2D eigenvalue weighted by Gasteiger charge is 2.31. The molecule has 1 aromatic rings. The van der Waals surface area contributed by atoms with E-state index < -0.39 is 11.5 Å². The van der Waals surface area contributed by atoms with Crippen LogP contribution in [0.1, 0.15) is 54.4 Å². The van der Waals surface area contributed by atoms with Crippen molar-refractivity contribution in [2.75, 3.05) is 0 Å². The predicted molar refractivity (Wildman–Crippen MR) is 79.5 cm³/mol. The Balaban J connectivity index is 1.86. The minimum atomic E-state index is -0.850. The summed E-state index contributed by atoms with van der Waals surface area (Å²) >= 11 is 0. The van der Waals surface area contributed by atoms with E-state index in [1.807, 2.05) is 6.07 Å². The monoisotopic (exact) mass is 290 g/mol. The SMILES string of the molecule is NC(=O)c1cccc(CNC(=O)CC2(O)CCCCC2)c1. The topological polar surface area (TPSA) is 92.4 Å². The van der Waals surface area contributed by atoms with Crippen molar-refractivity contribution in [1.29, 1.82) is 0 Å². The van der Waals surface area contributed by atoms with Gasteiger partial charge in [0.05, 0.1) is 12.0 Å². The molecule has 5 heteroatoms. The van der Waals surface area contributed by atoms with Gasteiger partial charge >= 0.3 is 0 Å². The van der Waals surface area contributed by atoms with Gasteiger partial charge in [0.25, 0.3) is 0 Å². The van der Waals surface area contributed by atoms with E-state index >= 15 is 0 Å². The highest BCUT2D eigenvalue weighted by molar-refractivity contribution is 5.92. The summed E-state index contributed by atoms with van der Waals surface area (Å²) in [5.41, 5.74) is 5.61. The number of primary amides is 1. The Morgan fingerprint density at radius 2 is 1.95 bits per heavy atom. The molecule has 0 saturated heterocycles. The lowest BCUT2D eigenvalue weighted by Crippen LogP contribution is -2.38. The highest BCUT2D eigenvalue weighted by Crippen LogP contribution is 2.30. The van der Waals surface area contributed by atoms with Crippen LogP contribution in [0.2, 0.25) is 0 Å². The lowest BCUT2D eigenvalue weighted by molar-refractivity contribution is -0.127. The first-order valence-corrected chi connectivity index (χ1v) is 7.36. The third-order valence-electron chi connectivity index (χ3n) is 3.98. The third kappa shape index (κ3) is 4.56. The largest absolute Gasteiger partial charge is 0.389 e. The lowest BCUT2D eigenvalue weighted by Gasteiger charge is -2.31. The second-order valence-corrected chi connectivity index (χ2v) is 5.80. The summed E-state index contributed by atoms with van der Waals surface area (Å²) in [5, 5.41) is 13.1. The second kappa shape index (κ2) is 6.72. The molecule has 1 aliphatic rings. The van der Waals surface area contributed by atoms with Crippen molar-refractivity contribution < 1.29 is 14.7 Å². The molecular weight excluding hydrogens is 268 g/mol. The second-order valence-electron chi connectivity index (χ2n) is 5.80. The Morgan fingerprint density at radius 3 is 2.62 bits per heavy atom. The first-order valence-electron chi connectivity index (χ1n) is 7.36. The van der Waals surface area contributed by atoms with Gasteiger partial charge in [0.2, 0.25) is 11.8 Å². The minimum absolute atomic E-state index is 0.141. The number of hydrogen-bond acceptors (Lipinski definition) is 3. The Morgan fingerprint density at radius 1 is 1.24 bits per heavy atom. The fraction of sp³-hybridized carbons (Fsp3) is 0.500. The molecule has 0 aromatic heterocycles. The number of hydrogen-bond donors (Lipinski definition) is 3. The van der Waals surface area contributed by atoms with E-state index in [0.29, 0.717) is 24.9 Å². The smallest absolute Gasteiger partial charge is 0.248 e. The van der Waals surface area contributed by atoms with Crippen molar-refractivity contribution in [3.8, 4) is 0 Å². The number of benzene rings is 1. The summed E-state index contributed by atoms with van der Waals surface area (Å²) in [4.78, 5) is 23.0. The zero-order chi connectivity index (χ0) is 15.3. The number of aliphatic hydroxyl groups is 1. The molecule has 0 bridgehead atoms. The van der Waals surface area contributed by atoms with Crippen LogP contribution in [-0.2, 0) is 11.3 Å². The van der Waals surface area contributed by atoms with E-state index in [1.54, 1.807) is 18.2 Å². The van der Waals surface area contributed by atoms with E-state index in [9.17, 15) is 14.7 Å². The first kappa shape index (κ1) is 15.5. The summed E-state index contributed by atoms with van der Waals surface area (Å²) in [7, 11) is 0. The average Bonchev–Trinajstić information content (AvgIpc) is 2.46. The number of carbonyl (C=O) groups is 2. The van der Waals surface area contributed by atoms with E-state index in [4.69, 9.17) is 5.73 Å². The van der Waals surface area contributed by atoms with Gasteiger partial charge in [0.15, 0.2) is 0 Å². The molecule has 2 amide bonds. The van der Waals surface area contributed by atoms with Gasteiger partial charge in [-0.2, -0.15) is 0 Å². The van der Waals surface area contributed by atoms with Crippen molar-refractivity contribution in [3.05, 3.63) is 35.4 Å². The number of nitrogens with one attached hydrogen (secondary N) is 1. The van der Waals surface area contributed by atoms with Gasteiger partial charge in [-0.3, -0.25) is 9.59 Å². The lowest BCUT2D eigenvalue weighted by atomic mass is 9.82. The predicted octanol–water partition coefficient (Wildman–Crippen LogP) is 1.49. The maximum atomic E-state index is 11.9. The molecule has 21 heavy (non-hydrogen) atoms. The highest BCUT2D eigenvalue weighted by atomic mass is 16.3. The Kier molecular flexibility index (Phi) is 4.96. The minimum Gasteiger partial charge on any atom is -0.389 e. The van der Waals surface area contributed by atoms with Crippen LogP contribution in [-0.4, -0.2) is 22.5 Å². The van der Waals surface area contributed by atoms with Gasteiger partial charge in [-0.25, -0.2) is 0 Å². The van der Waals surface area contributed by atoms with Gasteiger partial charge in [-0.1, -0.05) is 31.4 Å². The van der Waals surface area contributed by atoms with Crippen LogP contribution in [0.3, 0.4) is 0 Å². The van der Waals surface area contributed by atoms with E-state index in [0.717, 1.165) is 24.8 Å². The summed E-state index contributed by atoms with van der Waals surface area (Å²) in [6.45, 7) is 0.329. The molecule has 1 fully saturated rings. The number of nitrogens with two attached hydrogens (primary N) is 1. The maximum Gasteiger partial charge on any atom is 0.248 e. The van der Waals surface area contributed by atoms with Crippen molar-refractivity contribution in [2.24, 2.45) is 5.73 Å². The van der Waals surface area contributed by atoms with Crippen molar-refractivity contribution in [2.45, 2.75) is 50.7 Å². The quantitative estimate of drug-likeness (QED) is 0.767. The number of amides is 2. The van der Waals surface area contributed by atoms with Crippen molar-refractivity contribution >= 4 is 11.8 Å². The van der Waals surface area contributed by atoms with Crippen molar-refractivity contribution in [3.63, 3.8) is 0 Å². The standard InChI is InChI=1S/C16H22N2O3/c17-15(20)13-6-4-5-12(9-13)11-18-14(19)10-16(21)7-2-1-3-8-16/h4-6,9,21H,1-3,7-8,10-11H2,(H2,17,20)(H,18,19). The molecule has 1 saturated carbocycles. The van der Waals surface area contributed by atoms with Crippen LogP contribution in [0.4, 0.5) is 0 Å². The third-order valence-corrected chi connectivity index (χ3v) is 3.98. The fourth-order valence-electron chi connectivity index (χ4n) is 2.78. The van der Waals surface area contributed by atoms with E-state index in [2.05, 4.69) is 5.32 Å². The molecule has 0 spiro atoms. The normalized spacial score (nSPS) is 17.2. The number of rotatable bonds is 5. The molecule has 114 valence electrons. The fourth-order valence-corrected chi connectivity index (χ4v) is 2.78. The molecule has 0 unspecified atom stereocenters. The first-order chi connectivity index (χ1) is 9.98. The molecule has 5 nitrogen and oxygen atoms in total. The van der Waals surface area contributed by atoms with Crippen LogP contribution in [0, 0.1) is 0 Å². The van der Waals surface area contributed by atoms with Gasteiger partial charge in [-0.05, 0) is 30.5 Å². The molecule has 0 radical (unpaired) electrons. The Labute approximate surface area is 124 Å². The van der Waals surface area contributed by atoms with Crippen LogP contribution in [0.15, 0.2) is 24.3 Å². The molecule has 1 aromatic carbocycles. The zero-order valence-corrected chi connectivity index (χ0v) is 12.1. The molecular formula is C16H22N2O3. The molecule has 0 aliphatic heterocycles. The summed E-state index contributed by atoms with van der Waals surface area (Å²) in [5.74, 6) is -0.649. The summed E-state index contributed by atoms with van der Waals surface area (Å²) < 4.78 is 0. The van der Waals surface area contributed by atoms with Crippen LogP contribution >= 0.6 is 0 Å². The molecule has 0 heterocycles. The molecule has 2 rings (SSSR count). The van der Waals surface area contributed by atoms with Crippen LogP contribution in [0.5, 0.6) is 0 Å². The Hall–Kier alpha value is -1.88. The van der Waals surface area contributed by atoms with Crippen LogP contribution < -0.4 is 11.1 Å². The zero-order valence-electron chi connectivity index (χ0n) is 12.1. The molecule has 1 aliphatic carbocycles. The van der Waals surface area contributed by atoms with Gasteiger partial charge in [0.1, 0.15) is 0 Å². The molecule has 0 atom stereocenters. The van der Waals surface area contributed by atoms with Crippen molar-refractivity contribution in [1.82, 2.24) is 5.32 Å². The van der Waals surface area contributed by atoms with Gasteiger partial charge in [0, 0.05) is 12.1 Å². The van der Waals surface area contributed by atoms with Gasteiger partial charge < -0.3 is 16.2 Å². The Bertz CT molecular complexity index is 522. The maximum absolute atomic E-state index is 11.9. The average molecular weight is 290 g/mol. The van der Waals surface area contributed by atoms with Crippen LogP contribution in [0.25, 0.3) is 0 Å².